The average Bonchev–Trinajstić information content (AvgIpc) is 2.57. The number of hydrogen-bond donors (Lipinski definition) is 2. The van der Waals surface area contributed by atoms with Crippen molar-refractivity contribution in [2.45, 2.75) is 38.1 Å². The van der Waals surface area contributed by atoms with Crippen LogP contribution in [0.4, 0.5) is 0 Å². The van der Waals surface area contributed by atoms with Gasteiger partial charge in [-0.2, -0.15) is 0 Å². The molecule has 1 atom stereocenters. The fourth-order valence-electron chi connectivity index (χ4n) is 2.18. The first-order valence-electron chi connectivity index (χ1n) is 5.74. The molecule has 0 spiro atoms. The molecule has 1 unspecified atom stereocenters. The lowest BCUT2D eigenvalue weighted by Gasteiger charge is -2.22. The largest absolute Gasteiger partial charge is 0.314 e. The predicted molar refractivity (Wildman–Crippen MR) is 60.0 cm³/mol. The Hall–Kier alpha value is -1.03. The Balaban J connectivity index is 1.84. The van der Waals surface area contributed by atoms with Crippen molar-refractivity contribution in [3.63, 3.8) is 0 Å². The van der Waals surface area contributed by atoms with Crippen molar-refractivity contribution in [3.8, 4) is 0 Å². The maximum atomic E-state index is 11.2. The third-order valence-electron chi connectivity index (χ3n) is 3.11. The highest BCUT2D eigenvalue weighted by atomic mass is 16.1. The van der Waals surface area contributed by atoms with E-state index in [0.717, 1.165) is 25.1 Å². The highest BCUT2D eigenvalue weighted by molar-refractivity contribution is 5.00. The molecule has 1 saturated heterocycles. The van der Waals surface area contributed by atoms with Crippen molar-refractivity contribution in [1.82, 2.24) is 15.1 Å². The second kappa shape index (κ2) is 4.66. The molecule has 1 aromatic heterocycles. The van der Waals surface area contributed by atoms with Crippen LogP contribution in [-0.2, 0) is 13.5 Å². The molecule has 4 heteroatoms. The number of H-pyrrole nitrogens is 1. The van der Waals surface area contributed by atoms with Gasteiger partial charge >= 0.3 is 0 Å². The Morgan fingerprint density at radius 2 is 2.40 bits per heavy atom. The van der Waals surface area contributed by atoms with Gasteiger partial charge in [0.15, 0.2) is 0 Å². The van der Waals surface area contributed by atoms with Crippen molar-refractivity contribution in [2.24, 2.45) is 7.05 Å². The lowest BCUT2D eigenvalue weighted by atomic mass is 10.00. The molecular weight excluding hydrogens is 190 g/mol. The van der Waals surface area contributed by atoms with Gasteiger partial charge in [0, 0.05) is 24.8 Å². The van der Waals surface area contributed by atoms with E-state index in [9.17, 15) is 4.79 Å². The molecule has 1 aliphatic rings. The first-order chi connectivity index (χ1) is 7.25. The first-order valence-corrected chi connectivity index (χ1v) is 5.74. The van der Waals surface area contributed by atoms with Gasteiger partial charge < -0.3 is 5.32 Å². The smallest absolute Gasteiger partial charge is 0.266 e. The minimum absolute atomic E-state index is 0.0570. The van der Waals surface area contributed by atoms with E-state index in [0.29, 0.717) is 6.04 Å². The minimum Gasteiger partial charge on any atom is -0.314 e. The zero-order valence-corrected chi connectivity index (χ0v) is 9.25. The second-order valence-corrected chi connectivity index (χ2v) is 4.36. The molecular formula is C11H19N3O. The third kappa shape index (κ3) is 2.72. The van der Waals surface area contributed by atoms with E-state index in [1.165, 1.54) is 23.9 Å². The van der Waals surface area contributed by atoms with Crippen LogP contribution in [0.3, 0.4) is 0 Å². The summed E-state index contributed by atoms with van der Waals surface area (Å²) in [6.07, 6.45) is 6.01. The molecule has 2 heterocycles. The van der Waals surface area contributed by atoms with E-state index in [1.54, 1.807) is 13.1 Å². The van der Waals surface area contributed by atoms with E-state index in [1.807, 2.05) is 0 Å². The fraction of sp³-hybridized carbons (Fsp3) is 0.727. The summed E-state index contributed by atoms with van der Waals surface area (Å²) < 4.78 is 1.53. The van der Waals surface area contributed by atoms with Crippen LogP contribution in [0.25, 0.3) is 0 Å². The molecule has 1 aromatic rings. The molecule has 0 bridgehead atoms. The monoisotopic (exact) mass is 209 g/mol. The zero-order valence-electron chi connectivity index (χ0n) is 9.25. The van der Waals surface area contributed by atoms with Gasteiger partial charge in [-0.1, -0.05) is 6.42 Å². The molecule has 2 N–H and O–H groups in total. The maximum Gasteiger partial charge on any atom is 0.266 e. The van der Waals surface area contributed by atoms with Crippen molar-refractivity contribution in [1.29, 1.82) is 0 Å². The molecule has 15 heavy (non-hydrogen) atoms. The molecule has 2 rings (SSSR count). The highest BCUT2D eigenvalue weighted by Crippen LogP contribution is 2.11. The number of nitrogens with zero attached hydrogens (tertiary/aromatic N) is 1. The molecule has 0 aliphatic carbocycles. The predicted octanol–water partition coefficient (Wildman–Crippen LogP) is 0.788. The molecule has 0 amide bonds. The number of aryl methyl sites for hydroxylation is 2. The van der Waals surface area contributed by atoms with Gasteiger partial charge in [0.05, 0.1) is 0 Å². The summed E-state index contributed by atoms with van der Waals surface area (Å²) in [6.45, 7) is 1.15. The van der Waals surface area contributed by atoms with E-state index < -0.39 is 0 Å². The summed E-state index contributed by atoms with van der Waals surface area (Å²) in [5.41, 5.74) is 1.11. The van der Waals surface area contributed by atoms with Gasteiger partial charge in [0.2, 0.25) is 0 Å². The van der Waals surface area contributed by atoms with Crippen molar-refractivity contribution < 1.29 is 0 Å². The molecule has 1 fully saturated rings. The quantitative estimate of drug-likeness (QED) is 0.773. The van der Waals surface area contributed by atoms with Crippen molar-refractivity contribution in [3.05, 3.63) is 22.1 Å². The number of aromatic nitrogens is 2. The van der Waals surface area contributed by atoms with Gasteiger partial charge in [0.25, 0.3) is 5.56 Å². The fourth-order valence-corrected chi connectivity index (χ4v) is 2.18. The summed E-state index contributed by atoms with van der Waals surface area (Å²) >= 11 is 0. The van der Waals surface area contributed by atoms with Crippen LogP contribution in [0.15, 0.2) is 10.9 Å². The molecule has 0 saturated carbocycles. The first kappa shape index (κ1) is 10.5. The lowest BCUT2D eigenvalue weighted by Crippen LogP contribution is -2.34. The Kier molecular flexibility index (Phi) is 3.26. The summed E-state index contributed by atoms with van der Waals surface area (Å²) in [6, 6.07) is 2.34. The van der Waals surface area contributed by atoms with Crippen LogP contribution in [-0.4, -0.2) is 22.4 Å². The van der Waals surface area contributed by atoms with Crippen molar-refractivity contribution >= 4 is 0 Å². The number of rotatable bonds is 3. The molecule has 84 valence electrons. The van der Waals surface area contributed by atoms with Gasteiger partial charge in [-0.15, -0.1) is 0 Å². The van der Waals surface area contributed by atoms with Gasteiger partial charge in [-0.25, -0.2) is 0 Å². The number of hydrogen-bond acceptors (Lipinski definition) is 2. The molecule has 0 aromatic carbocycles. The maximum absolute atomic E-state index is 11.2. The van der Waals surface area contributed by atoms with Gasteiger partial charge in [-0.05, 0) is 32.2 Å². The van der Waals surface area contributed by atoms with Gasteiger partial charge in [0.1, 0.15) is 0 Å². The molecule has 4 nitrogen and oxygen atoms in total. The second-order valence-electron chi connectivity index (χ2n) is 4.36. The topological polar surface area (TPSA) is 49.8 Å². The van der Waals surface area contributed by atoms with Crippen LogP contribution in [0, 0.1) is 0 Å². The van der Waals surface area contributed by atoms with Crippen LogP contribution in [0.1, 0.15) is 31.4 Å². The summed E-state index contributed by atoms with van der Waals surface area (Å²) in [5, 5.41) is 6.57. The van der Waals surface area contributed by atoms with Crippen LogP contribution in [0.2, 0.25) is 0 Å². The highest BCUT2D eigenvalue weighted by Gasteiger charge is 2.12. The summed E-state index contributed by atoms with van der Waals surface area (Å²) in [4.78, 5) is 11.2. The Morgan fingerprint density at radius 3 is 3.00 bits per heavy atom. The standard InChI is InChI=1S/C11H19N3O/c1-14-11(15)8-10(13-14)6-5-9-4-2-3-7-12-9/h8-9,12-13H,2-7H2,1H3. The Morgan fingerprint density at radius 1 is 1.53 bits per heavy atom. The normalized spacial score (nSPS) is 21.8. The Bertz CT molecular complexity index is 360. The summed E-state index contributed by atoms with van der Waals surface area (Å²) in [7, 11) is 1.75. The minimum atomic E-state index is 0.0570. The zero-order chi connectivity index (χ0) is 10.7. The van der Waals surface area contributed by atoms with E-state index in [2.05, 4.69) is 10.4 Å². The van der Waals surface area contributed by atoms with Gasteiger partial charge in [-0.3, -0.25) is 14.6 Å². The number of nitrogens with one attached hydrogen (secondary N) is 2. The third-order valence-corrected chi connectivity index (χ3v) is 3.11. The SMILES string of the molecule is Cn1[nH]c(CCC2CCCCN2)cc1=O. The lowest BCUT2D eigenvalue weighted by molar-refractivity contribution is 0.381. The van der Waals surface area contributed by atoms with Crippen LogP contribution >= 0.6 is 0 Å². The number of piperidine rings is 1. The molecule has 1 aliphatic heterocycles. The van der Waals surface area contributed by atoms with Crippen LogP contribution < -0.4 is 10.9 Å². The molecule has 0 radical (unpaired) electrons. The van der Waals surface area contributed by atoms with E-state index >= 15 is 0 Å². The Labute approximate surface area is 89.7 Å². The average molecular weight is 209 g/mol. The van der Waals surface area contributed by atoms with E-state index in [-0.39, 0.29) is 5.56 Å². The summed E-state index contributed by atoms with van der Waals surface area (Å²) in [5.74, 6) is 0. The van der Waals surface area contributed by atoms with E-state index in [4.69, 9.17) is 0 Å². The number of aromatic amines is 1. The van der Waals surface area contributed by atoms with Crippen molar-refractivity contribution in [2.75, 3.05) is 6.54 Å². The van der Waals surface area contributed by atoms with Crippen LogP contribution in [0.5, 0.6) is 0 Å².